The average molecular weight is 184 g/mol. The molecule has 2 aromatic rings. The standard InChI is InChI=1S/C12H10NO/c14-13(11-7-3-1-4-8-11)12-9-5-2-6-10-12/h1-10H/q+1. The van der Waals surface area contributed by atoms with Crippen LogP contribution in [0.5, 0.6) is 0 Å². The third-order valence-corrected chi connectivity index (χ3v) is 1.98. The van der Waals surface area contributed by atoms with Gasteiger partial charge in [0.1, 0.15) is 5.06 Å². The lowest BCUT2D eigenvalue weighted by atomic mass is 10.2. The molecule has 0 aliphatic rings. The maximum atomic E-state index is 11.8. The highest BCUT2D eigenvalue weighted by Gasteiger charge is 2.21. The van der Waals surface area contributed by atoms with Crippen molar-refractivity contribution in [3.8, 4) is 0 Å². The molecule has 0 saturated heterocycles. The SMILES string of the molecule is [O][N+](c1ccccc1)c1ccccc1. The summed E-state index contributed by atoms with van der Waals surface area (Å²) in [5.41, 5.74) is 1.30. The van der Waals surface area contributed by atoms with E-state index in [0.29, 0.717) is 11.4 Å². The van der Waals surface area contributed by atoms with Crippen LogP contribution in [-0.4, -0.2) is 0 Å². The summed E-state index contributed by atoms with van der Waals surface area (Å²) in [6.07, 6.45) is 0. The van der Waals surface area contributed by atoms with Crippen molar-refractivity contribution in [2.45, 2.75) is 0 Å². The highest BCUT2D eigenvalue weighted by Crippen LogP contribution is 2.21. The third kappa shape index (κ3) is 1.82. The Morgan fingerprint density at radius 3 is 1.36 bits per heavy atom. The highest BCUT2D eigenvalue weighted by molar-refractivity contribution is 5.50. The van der Waals surface area contributed by atoms with Crippen molar-refractivity contribution in [2.24, 2.45) is 0 Å². The number of hydrogen-bond acceptors (Lipinski definition) is 1. The zero-order valence-electron chi connectivity index (χ0n) is 7.63. The van der Waals surface area contributed by atoms with Crippen LogP contribution in [0.15, 0.2) is 60.7 Å². The molecule has 0 heterocycles. The maximum Gasteiger partial charge on any atom is 0.229 e. The molecule has 0 spiro atoms. The zero-order valence-corrected chi connectivity index (χ0v) is 7.63. The van der Waals surface area contributed by atoms with Gasteiger partial charge in [0.25, 0.3) is 0 Å². The smallest absolute Gasteiger partial charge is 0.0618 e. The predicted molar refractivity (Wildman–Crippen MR) is 55.0 cm³/mol. The van der Waals surface area contributed by atoms with Gasteiger partial charge in [0.05, 0.1) is 5.21 Å². The lowest BCUT2D eigenvalue weighted by molar-refractivity contribution is 0.0378. The molecule has 14 heavy (non-hydrogen) atoms. The maximum absolute atomic E-state index is 11.8. The first-order valence-corrected chi connectivity index (χ1v) is 4.45. The van der Waals surface area contributed by atoms with E-state index in [1.54, 1.807) is 24.3 Å². The van der Waals surface area contributed by atoms with Gasteiger partial charge < -0.3 is 0 Å². The first-order chi connectivity index (χ1) is 6.88. The molecule has 2 heteroatoms. The van der Waals surface area contributed by atoms with Crippen LogP contribution < -0.4 is 5.06 Å². The van der Waals surface area contributed by atoms with Crippen LogP contribution in [0.4, 0.5) is 11.4 Å². The molecule has 0 amide bonds. The first-order valence-electron chi connectivity index (χ1n) is 4.45. The molecule has 0 aliphatic heterocycles. The van der Waals surface area contributed by atoms with Crippen molar-refractivity contribution in [1.29, 1.82) is 0 Å². The number of benzene rings is 2. The van der Waals surface area contributed by atoms with E-state index < -0.39 is 0 Å². The van der Waals surface area contributed by atoms with Crippen LogP contribution in [0.1, 0.15) is 0 Å². The Morgan fingerprint density at radius 1 is 0.643 bits per heavy atom. The Morgan fingerprint density at radius 2 is 1.00 bits per heavy atom. The molecule has 2 nitrogen and oxygen atoms in total. The van der Waals surface area contributed by atoms with Crippen LogP contribution in [0.2, 0.25) is 0 Å². The molecule has 2 aromatic carbocycles. The molecule has 0 aliphatic carbocycles. The van der Waals surface area contributed by atoms with Crippen LogP contribution in [0, 0.1) is 0 Å². The van der Waals surface area contributed by atoms with Crippen LogP contribution in [0.25, 0.3) is 0 Å². The molecule has 0 fully saturated rings. The average Bonchev–Trinajstić information content (AvgIpc) is 2.30. The molecular weight excluding hydrogens is 174 g/mol. The Labute approximate surface area is 83.0 Å². The van der Waals surface area contributed by atoms with Crippen LogP contribution in [0.3, 0.4) is 0 Å². The van der Waals surface area contributed by atoms with E-state index in [1.165, 1.54) is 0 Å². The van der Waals surface area contributed by atoms with E-state index in [-0.39, 0.29) is 0 Å². The predicted octanol–water partition coefficient (Wildman–Crippen LogP) is 3.14. The van der Waals surface area contributed by atoms with Gasteiger partial charge in [-0.2, -0.15) is 0 Å². The van der Waals surface area contributed by atoms with Gasteiger partial charge in [-0.1, -0.05) is 36.4 Å². The molecule has 0 aromatic heterocycles. The zero-order chi connectivity index (χ0) is 9.80. The van der Waals surface area contributed by atoms with Crippen LogP contribution in [-0.2, 0) is 5.21 Å². The van der Waals surface area contributed by atoms with Gasteiger partial charge >= 0.3 is 0 Å². The van der Waals surface area contributed by atoms with E-state index in [0.717, 1.165) is 5.06 Å². The summed E-state index contributed by atoms with van der Waals surface area (Å²) in [5.74, 6) is 0. The molecule has 0 N–H and O–H groups in total. The fourth-order valence-electron chi connectivity index (χ4n) is 1.28. The van der Waals surface area contributed by atoms with Gasteiger partial charge in [-0.05, 0) is 0 Å². The lowest BCUT2D eigenvalue weighted by Gasteiger charge is -1.96. The van der Waals surface area contributed by atoms with E-state index in [2.05, 4.69) is 0 Å². The lowest BCUT2D eigenvalue weighted by Crippen LogP contribution is -2.08. The second-order valence-corrected chi connectivity index (χ2v) is 2.97. The monoisotopic (exact) mass is 184 g/mol. The van der Waals surface area contributed by atoms with Crippen molar-refractivity contribution in [1.82, 2.24) is 5.06 Å². The van der Waals surface area contributed by atoms with E-state index >= 15 is 0 Å². The Hall–Kier alpha value is -1.64. The molecule has 0 unspecified atom stereocenters. The van der Waals surface area contributed by atoms with E-state index in [9.17, 15) is 5.21 Å². The number of nitrogens with zero attached hydrogens (tertiary/aromatic N) is 1. The number of rotatable bonds is 2. The van der Waals surface area contributed by atoms with E-state index in [1.807, 2.05) is 36.4 Å². The molecule has 2 rings (SSSR count). The summed E-state index contributed by atoms with van der Waals surface area (Å²) in [4.78, 5) is 0. The summed E-state index contributed by atoms with van der Waals surface area (Å²) in [5, 5.41) is 12.7. The van der Waals surface area contributed by atoms with Gasteiger partial charge in [0.2, 0.25) is 11.4 Å². The van der Waals surface area contributed by atoms with Crippen molar-refractivity contribution in [2.75, 3.05) is 0 Å². The molecular formula is C12H10NO+. The van der Waals surface area contributed by atoms with Crippen LogP contribution >= 0.6 is 0 Å². The topological polar surface area (TPSA) is 25.8 Å². The molecule has 0 saturated carbocycles. The van der Waals surface area contributed by atoms with Crippen molar-refractivity contribution >= 4 is 11.4 Å². The number of hydrogen-bond donors (Lipinski definition) is 0. The minimum Gasteiger partial charge on any atom is -0.0618 e. The molecule has 0 atom stereocenters. The summed E-state index contributed by atoms with van der Waals surface area (Å²) >= 11 is 0. The molecule has 0 bridgehead atoms. The first kappa shape index (κ1) is 8.94. The minimum atomic E-state index is 0.652. The van der Waals surface area contributed by atoms with E-state index in [4.69, 9.17) is 0 Å². The second-order valence-electron chi connectivity index (χ2n) is 2.97. The number of para-hydroxylation sites is 2. The quantitative estimate of drug-likeness (QED) is 0.506. The van der Waals surface area contributed by atoms with Gasteiger partial charge in [-0.3, -0.25) is 0 Å². The Kier molecular flexibility index (Phi) is 2.58. The van der Waals surface area contributed by atoms with Crippen molar-refractivity contribution in [3.05, 3.63) is 60.7 Å². The normalized spacial score (nSPS) is 10.4. The highest BCUT2D eigenvalue weighted by atomic mass is 16.5. The summed E-state index contributed by atoms with van der Waals surface area (Å²) in [7, 11) is 0. The van der Waals surface area contributed by atoms with Gasteiger partial charge in [0, 0.05) is 24.3 Å². The Bertz CT molecular complexity index is 346. The number of anilines is 2. The second kappa shape index (κ2) is 4.05. The van der Waals surface area contributed by atoms with Crippen molar-refractivity contribution in [3.63, 3.8) is 0 Å². The largest absolute Gasteiger partial charge is 0.229 e. The fourth-order valence-corrected chi connectivity index (χ4v) is 1.28. The van der Waals surface area contributed by atoms with Crippen molar-refractivity contribution < 1.29 is 5.21 Å². The van der Waals surface area contributed by atoms with Gasteiger partial charge in [-0.25, -0.2) is 0 Å². The van der Waals surface area contributed by atoms with Gasteiger partial charge in [-0.15, -0.1) is 0 Å². The molecule has 68 valence electrons. The van der Waals surface area contributed by atoms with Gasteiger partial charge in [0.15, 0.2) is 0 Å². The summed E-state index contributed by atoms with van der Waals surface area (Å²) in [6.45, 7) is 0. The Balaban J connectivity index is 2.30. The minimum absolute atomic E-state index is 0.652. The third-order valence-electron chi connectivity index (χ3n) is 1.98. The summed E-state index contributed by atoms with van der Waals surface area (Å²) in [6, 6.07) is 18.4. The summed E-state index contributed by atoms with van der Waals surface area (Å²) < 4.78 is 0. The fraction of sp³-hybridized carbons (Fsp3) is 0. The molecule has 2 radical (unpaired) electrons.